The smallest absolute Gasteiger partial charge is 0.268 e. The summed E-state index contributed by atoms with van der Waals surface area (Å²) in [6.07, 6.45) is 4.37. The van der Waals surface area contributed by atoms with Gasteiger partial charge in [0.25, 0.3) is 5.91 Å². The van der Waals surface area contributed by atoms with Gasteiger partial charge in [-0.15, -0.1) is 0 Å². The molecule has 2 heterocycles. The summed E-state index contributed by atoms with van der Waals surface area (Å²) in [4.78, 5) is 12.4. The van der Waals surface area contributed by atoms with E-state index < -0.39 is 0 Å². The summed E-state index contributed by atoms with van der Waals surface area (Å²) in [5.41, 5.74) is 0.733. The molecule has 1 saturated carbocycles. The number of carbonyl (C=O) groups is 1. The van der Waals surface area contributed by atoms with Crippen LogP contribution in [0.15, 0.2) is 16.7 Å². The fraction of sp³-hybridized carbons (Fsp3) is 0.615. The number of rotatable bonds is 4. The molecule has 0 spiro atoms. The maximum absolute atomic E-state index is 12.4. The van der Waals surface area contributed by atoms with Crippen LogP contribution in [0.25, 0.3) is 0 Å². The van der Waals surface area contributed by atoms with Gasteiger partial charge < -0.3 is 19.9 Å². The van der Waals surface area contributed by atoms with E-state index >= 15 is 0 Å². The van der Waals surface area contributed by atoms with E-state index in [1.807, 2.05) is 12.3 Å². The largest absolute Gasteiger partial charge is 0.378 e. The Bertz CT molecular complexity index is 484. The molecule has 0 radical (unpaired) electrons. The topological polar surface area (TPSA) is 55.3 Å². The van der Waals surface area contributed by atoms with Crippen molar-refractivity contribution in [1.82, 2.24) is 15.2 Å². The van der Waals surface area contributed by atoms with Crippen LogP contribution in [0.2, 0.25) is 0 Å². The molecule has 0 aromatic carbocycles. The van der Waals surface area contributed by atoms with E-state index in [9.17, 15) is 4.79 Å². The van der Waals surface area contributed by atoms with Crippen molar-refractivity contribution < 1.29 is 9.53 Å². The number of aromatic nitrogens is 1. The van der Waals surface area contributed by atoms with Gasteiger partial charge in [0.05, 0.1) is 12.1 Å². The maximum Gasteiger partial charge on any atom is 0.268 e. The molecule has 2 fully saturated rings. The molecule has 5 nitrogen and oxygen atoms in total. The molecule has 19 heavy (non-hydrogen) atoms. The number of ether oxygens (including phenoxy) is 1. The van der Waals surface area contributed by atoms with E-state index in [1.54, 1.807) is 7.11 Å². The summed E-state index contributed by atoms with van der Waals surface area (Å²) >= 11 is 3.45. The highest BCUT2D eigenvalue weighted by molar-refractivity contribution is 9.10. The van der Waals surface area contributed by atoms with Crippen molar-refractivity contribution >= 4 is 21.8 Å². The maximum atomic E-state index is 12.4. The van der Waals surface area contributed by atoms with Crippen LogP contribution in [0.4, 0.5) is 0 Å². The summed E-state index contributed by atoms with van der Waals surface area (Å²) in [5.74, 6) is -0.0200. The Kier molecular flexibility index (Phi) is 3.64. The first-order chi connectivity index (χ1) is 9.19. The van der Waals surface area contributed by atoms with Gasteiger partial charge in [0, 0.05) is 36.9 Å². The summed E-state index contributed by atoms with van der Waals surface area (Å²) in [7, 11) is 1.68. The lowest BCUT2D eigenvalue weighted by Crippen LogP contribution is -2.44. The zero-order valence-corrected chi connectivity index (χ0v) is 12.4. The van der Waals surface area contributed by atoms with Crippen LogP contribution in [0, 0.1) is 0 Å². The molecule has 6 heteroatoms. The molecular weight excluding hydrogens is 310 g/mol. The van der Waals surface area contributed by atoms with Crippen LogP contribution in [-0.4, -0.2) is 42.8 Å². The standard InChI is InChI=1S/C13H18BrN3O2/c1-19-12-6-15-5-10(12)16-13(18)11-4-8(14)7-17(11)9-2-3-9/h4,7,9-10,12,15H,2-3,5-6H2,1H3,(H,16,18)/t10?,12-/m0/s1. The summed E-state index contributed by atoms with van der Waals surface area (Å²) in [6, 6.07) is 2.42. The van der Waals surface area contributed by atoms with Crippen molar-refractivity contribution in [2.75, 3.05) is 20.2 Å². The normalized spacial score (nSPS) is 26.6. The van der Waals surface area contributed by atoms with Gasteiger partial charge in [-0.1, -0.05) is 0 Å². The van der Waals surface area contributed by atoms with Crippen molar-refractivity contribution in [3.05, 3.63) is 22.4 Å². The Labute approximate surface area is 120 Å². The lowest BCUT2D eigenvalue weighted by Gasteiger charge is -2.19. The van der Waals surface area contributed by atoms with Gasteiger partial charge in [0.2, 0.25) is 0 Å². The van der Waals surface area contributed by atoms with Gasteiger partial charge in [-0.05, 0) is 34.8 Å². The summed E-state index contributed by atoms with van der Waals surface area (Å²) in [5, 5.41) is 6.29. The predicted octanol–water partition coefficient (Wildman–Crippen LogP) is 1.30. The second-order valence-corrected chi connectivity index (χ2v) is 6.11. The minimum absolute atomic E-state index is 0.0200. The Morgan fingerprint density at radius 3 is 3.00 bits per heavy atom. The van der Waals surface area contributed by atoms with Crippen LogP contribution in [0.3, 0.4) is 0 Å². The highest BCUT2D eigenvalue weighted by Crippen LogP contribution is 2.37. The van der Waals surface area contributed by atoms with Crippen LogP contribution in [0.5, 0.6) is 0 Å². The molecule has 1 aliphatic carbocycles. The number of nitrogens with zero attached hydrogens (tertiary/aromatic N) is 1. The van der Waals surface area contributed by atoms with Crippen LogP contribution in [0.1, 0.15) is 29.4 Å². The Balaban J connectivity index is 1.73. The summed E-state index contributed by atoms with van der Waals surface area (Å²) < 4.78 is 8.39. The van der Waals surface area contributed by atoms with Gasteiger partial charge >= 0.3 is 0 Å². The van der Waals surface area contributed by atoms with Crippen LogP contribution >= 0.6 is 15.9 Å². The molecule has 1 aromatic rings. The minimum Gasteiger partial charge on any atom is -0.378 e. The fourth-order valence-corrected chi connectivity index (χ4v) is 3.01. The van der Waals surface area contributed by atoms with Gasteiger partial charge in [-0.2, -0.15) is 0 Å². The fourth-order valence-electron chi connectivity index (χ4n) is 2.57. The van der Waals surface area contributed by atoms with Gasteiger partial charge in [-0.25, -0.2) is 0 Å². The number of methoxy groups -OCH3 is 1. The van der Waals surface area contributed by atoms with Crippen molar-refractivity contribution in [1.29, 1.82) is 0 Å². The second-order valence-electron chi connectivity index (χ2n) is 5.19. The molecular formula is C13H18BrN3O2. The number of carbonyl (C=O) groups excluding carboxylic acids is 1. The van der Waals surface area contributed by atoms with Crippen molar-refractivity contribution in [2.45, 2.75) is 31.0 Å². The van der Waals surface area contributed by atoms with E-state index in [-0.39, 0.29) is 18.1 Å². The molecule has 2 aliphatic rings. The van der Waals surface area contributed by atoms with E-state index in [4.69, 9.17) is 4.74 Å². The monoisotopic (exact) mass is 327 g/mol. The van der Waals surface area contributed by atoms with Gasteiger partial charge in [0.1, 0.15) is 5.69 Å². The first kappa shape index (κ1) is 13.1. The zero-order valence-electron chi connectivity index (χ0n) is 10.9. The first-order valence-electron chi connectivity index (χ1n) is 6.61. The molecule has 1 aromatic heterocycles. The third kappa shape index (κ3) is 2.70. The quantitative estimate of drug-likeness (QED) is 0.876. The number of amides is 1. The Morgan fingerprint density at radius 2 is 2.32 bits per heavy atom. The van der Waals surface area contributed by atoms with Crippen LogP contribution < -0.4 is 10.6 Å². The van der Waals surface area contributed by atoms with Crippen molar-refractivity contribution in [2.24, 2.45) is 0 Å². The predicted molar refractivity (Wildman–Crippen MR) is 75.3 cm³/mol. The summed E-state index contributed by atoms with van der Waals surface area (Å²) in [6.45, 7) is 1.55. The molecule has 104 valence electrons. The third-order valence-corrected chi connectivity index (χ3v) is 4.20. The highest BCUT2D eigenvalue weighted by Gasteiger charge is 2.31. The van der Waals surface area contributed by atoms with E-state index in [2.05, 4.69) is 31.1 Å². The molecule has 3 rings (SSSR count). The first-order valence-corrected chi connectivity index (χ1v) is 7.40. The average molecular weight is 328 g/mol. The van der Waals surface area contributed by atoms with Gasteiger partial charge in [0.15, 0.2) is 0 Å². The molecule has 2 atom stereocenters. The van der Waals surface area contributed by atoms with Crippen molar-refractivity contribution in [3.8, 4) is 0 Å². The molecule has 1 unspecified atom stereocenters. The molecule has 1 saturated heterocycles. The lowest BCUT2D eigenvalue weighted by atomic mass is 10.2. The number of halogens is 1. The number of nitrogens with one attached hydrogen (secondary N) is 2. The highest BCUT2D eigenvalue weighted by atomic mass is 79.9. The van der Waals surface area contributed by atoms with Gasteiger partial charge in [-0.3, -0.25) is 4.79 Å². The molecule has 0 bridgehead atoms. The molecule has 1 amide bonds. The van der Waals surface area contributed by atoms with Crippen LogP contribution in [-0.2, 0) is 4.74 Å². The molecule has 1 aliphatic heterocycles. The lowest BCUT2D eigenvalue weighted by molar-refractivity contribution is 0.0773. The van der Waals surface area contributed by atoms with E-state index in [0.717, 1.165) is 36.1 Å². The Morgan fingerprint density at radius 1 is 1.53 bits per heavy atom. The number of hydrogen-bond acceptors (Lipinski definition) is 3. The second kappa shape index (κ2) is 5.26. The third-order valence-electron chi connectivity index (χ3n) is 3.77. The average Bonchev–Trinajstić information content (AvgIpc) is 3.02. The van der Waals surface area contributed by atoms with E-state index in [1.165, 1.54) is 0 Å². The minimum atomic E-state index is -0.0200. The van der Waals surface area contributed by atoms with E-state index in [0.29, 0.717) is 6.04 Å². The number of hydrogen-bond donors (Lipinski definition) is 2. The van der Waals surface area contributed by atoms with Crippen molar-refractivity contribution in [3.63, 3.8) is 0 Å². The zero-order chi connectivity index (χ0) is 13.4. The Hall–Kier alpha value is -0.850. The SMILES string of the molecule is CO[C@H]1CNCC1NC(=O)c1cc(Br)cn1C1CC1. The molecule has 2 N–H and O–H groups in total.